The van der Waals surface area contributed by atoms with E-state index in [9.17, 15) is 24.5 Å². The van der Waals surface area contributed by atoms with E-state index in [-0.39, 0.29) is 28.3 Å². The lowest BCUT2D eigenvalue weighted by Gasteiger charge is -2.26. The molecule has 30 heavy (non-hydrogen) atoms. The third-order valence-corrected chi connectivity index (χ3v) is 4.22. The molecule has 2 aromatic rings. The van der Waals surface area contributed by atoms with Crippen LogP contribution >= 0.6 is 0 Å². The summed E-state index contributed by atoms with van der Waals surface area (Å²) in [4.78, 5) is 48.8. The van der Waals surface area contributed by atoms with Gasteiger partial charge in [-0.1, -0.05) is 6.07 Å². The SMILES string of the molecule is CCOc1ccc(N2C(=O)NC(=O)/C(=C/c3ccc(OC)c([N+](=O)[O-])c3)C2=O)cc1. The number of carbonyl (C=O) groups is 3. The van der Waals surface area contributed by atoms with Gasteiger partial charge in [-0.05, 0) is 48.9 Å². The van der Waals surface area contributed by atoms with Crippen LogP contribution in [0, 0.1) is 10.1 Å². The van der Waals surface area contributed by atoms with Crippen molar-refractivity contribution in [3.63, 3.8) is 0 Å². The van der Waals surface area contributed by atoms with E-state index in [0.717, 1.165) is 4.90 Å². The molecule has 10 heteroatoms. The predicted octanol–water partition coefficient (Wildman–Crippen LogP) is 2.67. The third-order valence-electron chi connectivity index (χ3n) is 4.22. The van der Waals surface area contributed by atoms with Gasteiger partial charge < -0.3 is 9.47 Å². The number of nitrogens with one attached hydrogen (secondary N) is 1. The lowest BCUT2D eigenvalue weighted by Crippen LogP contribution is -2.54. The minimum atomic E-state index is -0.898. The standard InChI is InChI=1S/C20H17N3O7/c1-3-30-14-7-5-13(6-8-14)22-19(25)15(18(24)21-20(22)26)10-12-4-9-17(29-2)16(11-12)23(27)28/h4-11H,3H2,1-2H3,(H,21,24,26)/b15-10-. The smallest absolute Gasteiger partial charge is 0.335 e. The average Bonchev–Trinajstić information content (AvgIpc) is 2.72. The second-order valence-electron chi connectivity index (χ2n) is 6.07. The van der Waals surface area contributed by atoms with E-state index >= 15 is 0 Å². The number of methoxy groups -OCH3 is 1. The first kappa shape index (κ1) is 20.5. The summed E-state index contributed by atoms with van der Waals surface area (Å²) in [5, 5.41) is 13.3. The lowest BCUT2D eigenvalue weighted by molar-refractivity contribution is -0.385. The van der Waals surface area contributed by atoms with E-state index in [1.807, 2.05) is 6.92 Å². The zero-order valence-corrected chi connectivity index (χ0v) is 16.1. The van der Waals surface area contributed by atoms with Gasteiger partial charge in [0.1, 0.15) is 11.3 Å². The van der Waals surface area contributed by atoms with Gasteiger partial charge in [0.05, 0.1) is 24.3 Å². The molecule has 0 spiro atoms. The first-order valence-electron chi connectivity index (χ1n) is 8.82. The van der Waals surface area contributed by atoms with Gasteiger partial charge in [-0.2, -0.15) is 0 Å². The van der Waals surface area contributed by atoms with Crippen molar-refractivity contribution in [2.45, 2.75) is 6.92 Å². The van der Waals surface area contributed by atoms with Gasteiger partial charge in [0.2, 0.25) is 0 Å². The number of imide groups is 2. The molecule has 1 aliphatic rings. The van der Waals surface area contributed by atoms with E-state index in [1.165, 1.54) is 43.5 Å². The van der Waals surface area contributed by atoms with Crippen LogP contribution in [0.5, 0.6) is 11.5 Å². The summed E-state index contributed by atoms with van der Waals surface area (Å²) in [6.07, 6.45) is 1.18. The molecule has 0 aromatic heterocycles. The second kappa shape index (κ2) is 8.43. The van der Waals surface area contributed by atoms with Crippen LogP contribution in [0.4, 0.5) is 16.2 Å². The molecule has 10 nitrogen and oxygen atoms in total. The number of nitrogens with zero attached hydrogens (tertiary/aromatic N) is 2. The summed E-state index contributed by atoms with van der Waals surface area (Å²) in [5.41, 5.74) is -0.208. The monoisotopic (exact) mass is 411 g/mol. The van der Waals surface area contributed by atoms with Gasteiger partial charge in [0.15, 0.2) is 5.75 Å². The van der Waals surface area contributed by atoms with Crippen LogP contribution in [-0.4, -0.2) is 36.5 Å². The number of hydrogen-bond donors (Lipinski definition) is 1. The van der Waals surface area contributed by atoms with Crippen molar-refractivity contribution in [1.82, 2.24) is 5.32 Å². The Morgan fingerprint density at radius 2 is 1.83 bits per heavy atom. The van der Waals surface area contributed by atoms with Crippen molar-refractivity contribution in [2.24, 2.45) is 0 Å². The Hall–Kier alpha value is -4.21. The van der Waals surface area contributed by atoms with Crippen LogP contribution < -0.4 is 19.7 Å². The quantitative estimate of drug-likeness (QED) is 0.335. The molecule has 4 amide bonds. The first-order chi connectivity index (χ1) is 14.3. The maximum Gasteiger partial charge on any atom is 0.335 e. The van der Waals surface area contributed by atoms with E-state index < -0.39 is 22.8 Å². The van der Waals surface area contributed by atoms with Crippen molar-refractivity contribution in [2.75, 3.05) is 18.6 Å². The highest BCUT2D eigenvalue weighted by Crippen LogP contribution is 2.29. The predicted molar refractivity (Wildman–Crippen MR) is 106 cm³/mol. The van der Waals surface area contributed by atoms with E-state index in [4.69, 9.17) is 9.47 Å². The van der Waals surface area contributed by atoms with Crippen molar-refractivity contribution in [3.05, 3.63) is 63.7 Å². The molecule has 154 valence electrons. The number of nitro benzene ring substituents is 1. The molecule has 3 rings (SSSR count). The number of benzene rings is 2. The number of rotatable bonds is 6. The second-order valence-corrected chi connectivity index (χ2v) is 6.07. The molecule has 0 saturated carbocycles. The third kappa shape index (κ3) is 3.97. The van der Waals surface area contributed by atoms with Crippen molar-refractivity contribution < 1.29 is 28.8 Å². The van der Waals surface area contributed by atoms with Crippen molar-refractivity contribution >= 4 is 35.3 Å². The number of urea groups is 1. The first-order valence-corrected chi connectivity index (χ1v) is 8.82. The summed E-state index contributed by atoms with van der Waals surface area (Å²) in [7, 11) is 1.29. The molecular formula is C20H17N3O7. The summed E-state index contributed by atoms with van der Waals surface area (Å²) in [6.45, 7) is 2.28. The number of carbonyl (C=O) groups excluding carboxylic acids is 3. The summed E-state index contributed by atoms with van der Waals surface area (Å²) < 4.78 is 10.3. The van der Waals surface area contributed by atoms with Crippen LogP contribution in [0.3, 0.4) is 0 Å². The van der Waals surface area contributed by atoms with Crippen molar-refractivity contribution in [1.29, 1.82) is 0 Å². The number of ether oxygens (including phenoxy) is 2. The number of hydrogen-bond acceptors (Lipinski definition) is 7. The molecule has 0 unspecified atom stereocenters. The molecule has 0 bridgehead atoms. The normalized spacial score (nSPS) is 15.2. The molecule has 2 aromatic carbocycles. The van der Waals surface area contributed by atoms with Gasteiger partial charge in [-0.15, -0.1) is 0 Å². The summed E-state index contributed by atoms with van der Waals surface area (Å²) >= 11 is 0. The average molecular weight is 411 g/mol. The van der Waals surface area contributed by atoms with Gasteiger partial charge >= 0.3 is 11.7 Å². The van der Waals surface area contributed by atoms with Gasteiger partial charge in [-0.3, -0.25) is 25.0 Å². The van der Waals surface area contributed by atoms with Gasteiger partial charge in [-0.25, -0.2) is 9.69 Å². The van der Waals surface area contributed by atoms with E-state index in [0.29, 0.717) is 12.4 Å². The topological polar surface area (TPSA) is 128 Å². The number of amides is 4. The Morgan fingerprint density at radius 1 is 1.13 bits per heavy atom. The highest BCUT2D eigenvalue weighted by molar-refractivity contribution is 6.39. The van der Waals surface area contributed by atoms with Gasteiger partial charge in [0.25, 0.3) is 11.8 Å². The highest BCUT2D eigenvalue weighted by Gasteiger charge is 2.37. The van der Waals surface area contributed by atoms with E-state index in [2.05, 4.69) is 5.32 Å². The Bertz CT molecular complexity index is 1060. The minimum absolute atomic E-state index is 0.0350. The highest BCUT2D eigenvalue weighted by atomic mass is 16.6. The molecule has 1 saturated heterocycles. The molecule has 1 fully saturated rings. The van der Waals surface area contributed by atoms with Crippen molar-refractivity contribution in [3.8, 4) is 11.5 Å². The van der Waals surface area contributed by atoms with Crippen LogP contribution in [0.15, 0.2) is 48.0 Å². The maximum absolute atomic E-state index is 12.9. The number of barbiturate groups is 1. The molecular weight excluding hydrogens is 394 g/mol. The van der Waals surface area contributed by atoms with Gasteiger partial charge in [0, 0.05) is 6.07 Å². The zero-order valence-electron chi connectivity index (χ0n) is 16.1. The Balaban J connectivity index is 1.98. The van der Waals surface area contributed by atoms with Crippen LogP contribution in [-0.2, 0) is 9.59 Å². The minimum Gasteiger partial charge on any atom is -0.494 e. The molecule has 0 radical (unpaired) electrons. The molecule has 1 aliphatic heterocycles. The summed E-state index contributed by atoms with van der Waals surface area (Å²) in [5.74, 6) is -1.16. The Morgan fingerprint density at radius 3 is 2.43 bits per heavy atom. The fourth-order valence-corrected chi connectivity index (χ4v) is 2.86. The van der Waals surface area contributed by atoms with Crippen LogP contribution in [0.25, 0.3) is 6.08 Å². The zero-order chi connectivity index (χ0) is 21.8. The Labute approximate surface area is 170 Å². The molecule has 1 N–H and O–H groups in total. The fraction of sp³-hybridized carbons (Fsp3) is 0.150. The number of nitro groups is 1. The fourth-order valence-electron chi connectivity index (χ4n) is 2.86. The molecule has 1 heterocycles. The lowest BCUT2D eigenvalue weighted by atomic mass is 10.1. The molecule has 0 atom stereocenters. The maximum atomic E-state index is 12.9. The summed E-state index contributed by atoms with van der Waals surface area (Å²) in [6, 6.07) is 9.28. The Kier molecular flexibility index (Phi) is 5.77. The van der Waals surface area contributed by atoms with Crippen LogP contribution in [0.2, 0.25) is 0 Å². The van der Waals surface area contributed by atoms with Crippen LogP contribution in [0.1, 0.15) is 12.5 Å². The number of anilines is 1. The largest absolute Gasteiger partial charge is 0.494 e. The van der Waals surface area contributed by atoms with E-state index in [1.54, 1.807) is 12.1 Å². The molecule has 0 aliphatic carbocycles.